The van der Waals surface area contributed by atoms with Gasteiger partial charge in [0, 0.05) is 0 Å². The Balaban J connectivity index is 2.36. The van der Waals surface area contributed by atoms with Crippen molar-refractivity contribution in [2.45, 2.75) is 6.10 Å². The summed E-state index contributed by atoms with van der Waals surface area (Å²) < 4.78 is 0. The van der Waals surface area contributed by atoms with Gasteiger partial charge in [0.2, 0.25) is 0 Å². The fourth-order valence-electron chi connectivity index (χ4n) is 0.608. The van der Waals surface area contributed by atoms with Gasteiger partial charge in [0.15, 0.2) is 0 Å². The third-order valence-electron chi connectivity index (χ3n) is 0.974. The highest BCUT2D eigenvalue weighted by Crippen LogP contribution is 2.16. The first-order valence-electron chi connectivity index (χ1n) is 2.45. The minimum absolute atomic E-state index is 0.132. The van der Waals surface area contributed by atoms with Crippen LogP contribution in [0.2, 0.25) is 0 Å². The molecule has 0 aromatic carbocycles. The first-order valence-corrected chi connectivity index (χ1v) is 3.86. The zero-order valence-corrected chi connectivity index (χ0v) is 5.09. The molecule has 40 valence electrons. The van der Waals surface area contributed by atoms with E-state index in [1.807, 2.05) is 12.2 Å². The lowest BCUT2D eigenvalue weighted by atomic mass is 10.3. The minimum atomic E-state index is -0.132. The summed E-state index contributed by atoms with van der Waals surface area (Å²) in [5.74, 6) is 0. The van der Waals surface area contributed by atoms with E-state index >= 15 is 0 Å². The van der Waals surface area contributed by atoms with Crippen molar-refractivity contribution in [1.82, 2.24) is 0 Å². The molecule has 0 saturated heterocycles. The highest BCUT2D eigenvalue weighted by atomic mass is 31.1. The lowest BCUT2D eigenvalue weighted by Gasteiger charge is -2.07. The molecule has 0 aromatic rings. The van der Waals surface area contributed by atoms with Crippen LogP contribution in [0.4, 0.5) is 0 Å². The molecule has 7 heavy (non-hydrogen) atoms. The molecule has 0 radical (unpaired) electrons. The second-order valence-electron chi connectivity index (χ2n) is 1.65. The van der Waals surface area contributed by atoms with E-state index in [1.165, 1.54) is 6.16 Å². The molecule has 2 unspecified atom stereocenters. The first kappa shape index (κ1) is 5.27. The van der Waals surface area contributed by atoms with Crippen LogP contribution in [0.25, 0.3) is 0 Å². The standard InChI is InChI=1S/C5H9OP/c6-5-2-1-3-7-4-5/h1-2,5-7H,3-4H2. The minimum Gasteiger partial charge on any atom is -0.389 e. The van der Waals surface area contributed by atoms with Gasteiger partial charge < -0.3 is 5.11 Å². The van der Waals surface area contributed by atoms with E-state index in [9.17, 15) is 0 Å². The Morgan fingerprint density at radius 1 is 1.71 bits per heavy atom. The van der Waals surface area contributed by atoms with Crippen molar-refractivity contribution in [3.63, 3.8) is 0 Å². The molecule has 2 heteroatoms. The number of aliphatic hydroxyl groups excluding tert-OH is 1. The molecule has 1 aliphatic rings. The molecule has 0 bridgehead atoms. The quantitative estimate of drug-likeness (QED) is 0.363. The maximum atomic E-state index is 8.83. The van der Waals surface area contributed by atoms with Crippen LogP contribution < -0.4 is 0 Å². The smallest absolute Gasteiger partial charge is 0.0757 e. The van der Waals surface area contributed by atoms with Crippen molar-refractivity contribution in [1.29, 1.82) is 0 Å². The predicted molar refractivity (Wildman–Crippen MR) is 33.2 cm³/mol. The summed E-state index contributed by atoms with van der Waals surface area (Å²) in [6, 6.07) is 0. The van der Waals surface area contributed by atoms with Crippen molar-refractivity contribution in [3.05, 3.63) is 12.2 Å². The molecule has 0 aliphatic carbocycles. The van der Waals surface area contributed by atoms with Gasteiger partial charge in [-0.1, -0.05) is 12.2 Å². The highest BCUT2D eigenvalue weighted by Gasteiger charge is 2.00. The Labute approximate surface area is 45.2 Å². The van der Waals surface area contributed by atoms with Crippen LogP contribution in [-0.2, 0) is 0 Å². The van der Waals surface area contributed by atoms with E-state index in [2.05, 4.69) is 0 Å². The molecule has 2 atom stereocenters. The van der Waals surface area contributed by atoms with E-state index in [0.29, 0.717) is 0 Å². The van der Waals surface area contributed by atoms with Gasteiger partial charge in [-0.3, -0.25) is 0 Å². The molecular formula is C5H9OP. The summed E-state index contributed by atoms with van der Waals surface area (Å²) in [5.41, 5.74) is 0. The summed E-state index contributed by atoms with van der Waals surface area (Å²) in [5, 5.41) is 8.83. The van der Waals surface area contributed by atoms with E-state index in [1.54, 1.807) is 0 Å². The van der Waals surface area contributed by atoms with Crippen LogP contribution in [0, 0.1) is 0 Å². The van der Waals surface area contributed by atoms with E-state index in [4.69, 9.17) is 5.11 Å². The normalized spacial score (nSPS) is 34.1. The predicted octanol–water partition coefficient (Wildman–Crippen LogP) is 0.596. The van der Waals surface area contributed by atoms with Gasteiger partial charge in [-0.2, -0.15) is 0 Å². The van der Waals surface area contributed by atoms with Crippen molar-refractivity contribution in [2.75, 3.05) is 12.3 Å². The van der Waals surface area contributed by atoms with Gasteiger partial charge in [0.05, 0.1) is 6.10 Å². The van der Waals surface area contributed by atoms with Crippen LogP contribution in [0.1, 0.15) is 0 Å². The summed E-state index contributed by atoms with van der Waals surface area (Å²) in [6.45, 7) is 0. The number of allylic oxidation sites excluding steroid dienone is 1. The fraction of sp³-hybridized carbons (Fsp3) is 0.600. The SMILES string of the molecule is OC1C=CCPC1. The maximum Gasteiger partial charge on any atom is 0.0757 e. The van der Waals surface area contributed by atoms with Crippen LogP contribution in [0.3, 0.4) is 0 Å². The molecule has 0 fully saturated rings. The molecule has 1 N–H and O–H groups in total. The van der Waals surface area contributed by atoms with Gasteiger partial charge in [-0.05, 0) is 12.3 Å². The Morgan fingerprint density at radius 3 is 2.86 bits per heavy atom. The zero-order valence-electron chi connectivity index (χ0n) is 4.09. The molecule has 0 spiro atoms. The van der Waals surface area contributed by atoms with E-state index < -0.39 is 0 Å². The van der Waals surface area contributed by atoms with Crippen LogP contribution >= 0.6 is 8.58 Å². The molecule has 0 aromatic heterocycles. The third kappa shape index (κ3) is 1.58. The maximum absolute atomic E-state index is 8.83. The van der Waals surface area contributed by atoms with Gasteiger partial charge in [0.1, 0.15) is 0 Å². The van der Waals surface area contributed by atoms with Crippen molar-refractivity contribution in [2.24, 2.45) is 0 Å². The molecule has 1 rings (SSSR count). The molecular weight excluding hydrogens is 107 g/mol. The van der Waals surface area contributed by atoms with Crippen LogP contribution in [0.15, 0.2) is 12.2 Å². The van der Waals surface area contributed by atoms with Crippen LogP contribution in [0.5, 0.6) is 0 Å². The topological polar surface area (TPSA) is 20.2 Å². The summed E-state index contributed by atoms with van der Waals surface area (Å²) in [7, 11) is 0.945. The average Bonchev–Trinajstić information content (AvgIpc) is 1.69. The summed E-state index contributed by atoms with van der Waals surface area (Å²) in [4.78, 5) is 0. The number of aliphatic hydroxyl groups is 1. The fourth-order valence-corrected chi connectivity index (χ4v) is 1.51. The average molecular weight is 116 g/mol. The van der Waals surface area contributed by atoms with Gasteiger partial charge in [-0.25, -0.2) is 0 Å². The van der Waals surface area contributed by atoms with Gasteiger partial charge in [-0.15, -0.1) is 8.58 Å². The molecule has 0 amide bonds. The Hall–Kier alpha value is 0.130. The molecule has 1 aliphatic heterocycles. The van der Waals surface area contributed by atoms with Crippen molar-refractivity contribution in [3.8, 4) is 0 Å². The number of hydrogen-bond acceptors (Lipinski definition) is 1. The molecule has 1 nitrogen and oxygen atoms in total. The number of rotatable bonds is 0. The number of hydrogen-bond donors (Lipinski definition) is 1. The van der Waals surface area contributed by atoms with E-state index in [0.717, 1.165) is 14.7 Å². The van der Waals surface area contributed by atoms with Crippen molar-refractivity contribution >= 4 is 8.58 Å². The summed E-state index contributed by atoms with van der Waals surface area (Å²) in [6.07, 6.45) is 5.95. The lowest BCUT2D eigenvalue weighted by molar-refractivity contribution is 0.247. The molecule has 1 heterocycles. The second-order valence-corrected chi connectivity index (χ2v) is 2.97. The van der Waals surface area contributed by atoms with Crippen molar-refractivity contribution < 1.29 is 5.11 Å². The van der Waals surface area contributed by atoms with E-state index in [-0.39, 0.29) is 6.10 Å². The third-order valence-corrected chi connectivity index (χ3v) is 2.21. The zero-order chi connectivity index (χ0) is 5.11. The Kier molecular flexibility index (Phi) is 1.84. The Morgan fingerprint density at radius 2 is 2.57 bits per heavy atom. The molecule has 0 saturated carbocycles. The lowest BCUT2D eigenvalue weighted by Crippen LogP contribution is -2.07. The second kappa shape index (κ2) is 2.44. The highest BCUT2D eigenvalue weighted by molar-refractivity contribution is 7.38. The monoisotopic (exact) mass is 116 g/mol. The van der Waals surface area contributed by atoms with Gasteiger partial charge >= 0.3 is 0 Å². The van der Waals surface area contributed by atoms with Gasteiger partial charge in [0.25, 0.3) is 0 Å². The Bertz CT molecular complexity index is 80.1. The summed E-state index contributed by atoms with van der Waals surface area (Å²) >= 11 is 0. The largest absolute Gasteiger partial charge is 0.389 e. The first-order chi connectivity index (χ1) is 3.39. The van der Waals surface area contributed by atoms with Crippen LogP contribution in [-0.4, -0.2) is 23.5 Å².